The van der Waals surface area contributed by atoms with Gasteiger partial charge in [-0.3, -0.25) is 4.79 Å². The first-order valence-corrected chi connectivity index (χ1v) is 8.37. The van der Waals surface area contributed by atoms with E-state index in [2.05, 4.69) is 17.1 Å². The summed E-state index contributed by atoms with van der Waals surface area (Å²) in [7, 11) is 0. The van der Waals surface area contributed by atoms with Gasteiger partial charge in [-0.2, -0.15) is 0 Å². The summed E-state index contributed by atoms with van der Waals surface area (Å²) in [6, 6.07) is 0.684. The van der Waals surface area contributed by atoms with Gasteiger partial charge in [0.25, 0.3) is 0 Å². The van der Waals surface area contributed by atoms with E-state index >= 15 is 0 Å². The lowest BCUT2D eigenvalue weighted by Crippen LogP contribution is -2.43. The largest absolute Gasteiger partial charge is 0.466 e. The highest BCUT2D eigenvalue weighted by Gasteiger charge is 2.15. The van der Waals surface area contributed by atoms with Crippen molar-refractivity contribution in [3.05, 3.63) is 0 Å². The molecule has 1 unspecified atom stereocenters. The van der Waals surface area contributed by atoms with Gasteiger partial charge in [0.2, 0.25) is 0 Å². The molecule has 1 aliphatic rings. The van der Waals surface area contributed by atoms with Crippen LogP contribution >= 0.6 is 0 Å². The van der Waals surface area contributed by atoms with Crippen LogP contribution in [0.1, 0.15) is 58.8 Å². The van der Waals surface area contributed by atoms with Gasteiger partial charge in [0.05, 0.1) is 6.61 Å². The number of unbranched alkanes of at least 4 members (excludes halogenated alkanes) is 2. The second-order valence-corrected chi connectivity index (χ2v) is 5.66. The smallest absolute Gasteiger partial charge is 0.305 e. The lowest BCUT2D eigenvalue weighted by molar-refractivity contribution is -0.143. The van der Waals surface area contributed by atoms with Gasteiger partial charge in [-0.05, 0) is 52.2 Å². The first-order chi connectivity index (χ1) is 9.76. The normalized spacial score (nSPS) is 19.2. The SMILES string of the molecule is CCOC(=O)CCCCCN(CC)CC1CCCCN1. The summed E-state index contributed by atoms with van der Waals surface area (Å²) >= 11 is 0. The Labute approximate surface area is 124 Å². The first-order valence-electron chi connectivity index (χ1n) is 8.37. The van der Waals surface area contributed by atoms with Crippen LogP contribution in [0.4, 0.5) is 0 Å². The minimum atomic E-state index is -0.0498. The highest BCUT2D eigenvalue weighted by atomic mass is 16.5. The highest BCUT2D eigenvalue weighted by molar-refractivity contribution is 5.69. The maximum absolute atomic E-state index is 11.2. The molecular weight excluding hydrogens is 252 g/mol. The summed E-state index contributed by atoms with van der Waals surface area (Å²) in [5.74, 6) is -0.0498. The van der Waals surface area contributed by atoms with Crippen LogP contribution in [0, 0.1) is 0 Å². The molecule has 1 atom stereocenters. The van der Waals surface area contributed by atoms with E-state index in [1.54, 1.807) is 0 Å². The topological polar surface area (TPSA) is 41.6 Å². The fraction of sp³-hybridized carbons (Fsp3) is 0.938. The lowest BCUT2D eigenvalue weighted by atomic mass is 10.0. The number of carbonyl (C=O) groups is 1. The van der Waals surface area contributed by atoms with Crippen LogP contribution in [0.15, 0.2) is 0 Å². The molecule has 0 radical (unpaired) electrons. The molecule has 1 aliphatic heterocycles. The van der Waals surface area contributed by atoms with Gasteiger partial charge in [0, 0.05) is 19.0 Å². The molecule has 1 fully saturated rings. The van der Waals surface area contributed by atoms with E-state index in [1.807, 2.05) is 6.92 Å². The number of carbonyl (C=O) groups excluding carboxylic acids is 1. The third kappa shape index (κ3) is 7.85. The number of rotatable bonds is 10. The van der Waals surface area contributed by atoms with Crippen LogP contribution in [0.5, 0.6) is 0 Å². The number of hydrogen-bond acceptors (Lipinski definition) is 4. The molecule has 0 aromatic rings. The molecule has 0 aromatic carbocycles. The standard InChI is InChI=1S/C16H32N2O2/c1-3-18(14-15-10-7-8-12-17-15)13-9-5-6-11-16(19)20-4-2/h15,17H,3-14H2,1-2H3. The number of nitrogens with one attached hydrogen (secondary N) is 1. The molecule has 4 heteroatoms. The summed E-state index contributed by atoms with van der Waals surface area (Å²) in [6.07, 6.45) is 7.85. The molecule has 1 N–H and O–H groups in total. The van der Waals surface area contributed by atoms with Crippen molar-refractivity contribution in [3.63, 3.8) is 0 Å². The Hall–Kier alpha value is -0.610. The average molecular weight is 284 g/mol. The van der Waals surface area contributed by atoms with Crippen LogP contribution in [0.25, 0.3) is 0 Å². The zero-order valence-electron chi connectivity index (χ0n) is 13.3. The molecule has 1 heterocycles. The first kappa shape index (κ1) is 17.4. The molecule has 4 nitrogen and oxygen atoms in total. The fourth-order valence-electron chi connectivity index (χ4n) is 2.78. The molecule has 0 aliphatic carbocycles. The second kappa shape index (κ2) is 11.1. The third-order valence-corrected chi connectivity index (χ3v) is 4.00. The zero-order chi connectivity index (χ0) is 14.6. The Bertz CT molecular complexity index is 253. The van der Waals surface area contributed by atoms with E-state index in [-0.39, 0.29) is 5.97 Å². The van der Waals surface area contributed by atoms with Crippen molar-refractivity contribution in [2.24, 2.45) is 0 Å². The fourth-order valence-corrected chi connectivity index (χ4v) is 2.78. The summed E-state index contributed by atoms with van der Waals surface area (Å²) in [6.45, 7) is 9.22. The number of nitrogens with zero attached hydrogens (tertiary/aromatic N) is 1. The Morgan fingerprint density at radius 1 is 1.25 bits per heavy atom. The van der Waals surface area contributed by atoms with Gasteiger partial charge in [-0.1, -0.05) is 19.8 Å². The summed E-state index contributed by atoms with van der Waals surface area (Å²) in [4.78, 5) is 13.8. The third-order valence-electron chi connectivity index (χ3n) is 4.00. The summed E-state index contributed by atoms with van der Waals surface area (Å²) < 4.78 is 4.93. The summed E-state index contributed by atoms with van der Waals surface area (Å²) in [5.41, 5.74) is 0. The van der Waals surface area contributed by atoms with E-state index in [4.69, 9.17) is 4.74 Å². The molecular formula is C16H32N2O2. The maximum Gasteiger partial charge on any atom is 0.305 e. The Morgan fingerprint density at radius 3 is 2.75 bits per heavy atom. The van der Waals surface area contributed by atoms with Crippen LogP contribution in [0.2, 0.25) is 0 Å². The van der Waals surface area contributed by atoms with E-state index < -0.39 is 0 Å². The lowest BCUT2D eigenvalue weighted by Gasteiger charge is -2.29. The van der Waals surface area contributed by atoms with E-state index in [9.17, 15) is 4.79 Å². The molecule has 0 aromatic heterocycles. The monoisotopic (exact) mass is 284 g/mol. The Balaban J connectivity index is 2.04. The van der Waals surface area contributed by atoms with Crippen molar-refractivity contribution >= 4 is 5.97 Å². The van der Waals surface area contributed by atoms with Crippen LogP contribution < -0.4 is 5.32 Å². The van der Waals surface area contributed by atoms with Crippen molar-refractivity contribution in [1.82, 2.24) is 10.2 Å². The van der Waals surface area contributed by atoms with Crippen LogP contribution in [0.3, 0.4) is 0 Å². The Kier molecular flexibility index (Phi) is 9.67. The minimum Gasteiger partial charge on any atom is -0.466 e. The molecule has 118 valence electrons. The van der Waals surface area contributed by atoms with E-state index in [1.165, 1.54) is 38.8 Å². The molecule has 0 amide bonds. The second-order valence-electron chi connectivity index (χ2n) is 5.66. The predicted octanol–water partition coefficient (Wildman–Crippen LogP) is 2.57. The quantitative estimate of drug-likeness (QED) is 0.494. The van der Waals surface area contributed by atoms with Crippen molar-refractivity contribution in [2.75, 3.05) is 32.8 Å². The molecule has 0 spiro atoms. The van der Waals surface area contributed by atoms with Crippen molar-refractivity contribution in [1.29, 1.82) is 0 Å². The van der Waals surface area contributed by atoms with Crippen molar-refractivity contribution < 1.29 is 9.53 Å². The van der Waals surface area contributed by atoms with Gasteiger partial charge in [0.15, 0.2) is 0 Å². The van der Waals surface area contributed by atoms with E-state index in [0.29, 0.717) is 19.1 Å². The molecule has 20 heavy (non-hydrogen) atoms. The highest BCUT2D eigenvalue weighted by Crippen LogP contribution is 2.09. The van der Waals surface area contributed by atoms with Crippen LogP contribution in [-0.2, 0) is 9.53 Å². The number of esters is 1. The summed E-state index contributed by atoms with van der Waals surface area (Å²) in [5, 5.41) is 3.61. The van der Waals surface area contributed by atoms with Crippen molar-refractivity contribution in [3.8, 4) is 0 Å². The molecule has 0 saturated carbocycles. The molecule has 1 saturated heterocycles. The predicted molar refractivity (Wildman–Crippen MR) is 82.9 cm³/mol. The Morgan fingerprint density at radius 2 is 2.10 bits per heavy atom. The zero-order valence-corrected chi connectivity index (χ0v) is 13.3. The molecule has 1 rings (SSSR count). The van der Waals surface area contributed by atoms with Gasteiger partial charge >= 0.3 is 5.97 Å². The van der Waals surface area contributed by atoms with E-state index in [0.717, 1.165) is 25.9 Å². The van der Waals surface area contributed by atoms with Gasteiger partial charge in [-0.15, -0.1) is 0 Å². The number of likely N-dealkylation sites (N-methyl/N-ethyl adjacent to an activating group) is 1. The van der Waals surface area contributed by atoms with Crippen molar-refractivity contribution in [2.45, 2.75) is 64.8 Å². The van der Waals surface area contributed by atoms with Gasteiger partial charge in [-0.25, -0.2) is 0 Å². The van der Waals surface area contributed by atoms with Crippen LogP contribution in [-0.4, -0.2) is 49.7 Å². The minimum absolute atomic E-state index is 0.0498. The number of piperidine rings is 1. The molecule has 0 bridgehead atoms. The number of hydrogen-bond donors (Lipinski definition) is 1. The van der Waals surface area contributed by atoms with Gasteiger partial charge < -0.3 is 15.0 Å². The average Bonchev–Trinajstić information content (AvgIpc) is 2.47. The van der Waals surface area contributed by atoms with Gasteiger partial charge in [0.1, 0.15) is 0 Å². The number of ether oxygens (including phenoxy) is 1. The maximum atomic E-state index is 11.2.